The van der Waals surface area contributed by atoms with E-state index in [0.29, 0.717) is 26.1 Å². The molecule has 0 radical (unpaired) electrons. The quantitative estimate of drug-likeness (QED) is 0.269. The maximum absolute atomic E-state index is 8.78. The van der Waals surface area contributed by atoms with Crippen LogP contribution >= 0.6 is 0 Å². The number of rotatable bonds is 19. The smallest absolute Gasteiger partial charge is 0.0797 e. The predicted octanol–water partition coefficient (Wildman–Crippen LogP) is 4.35. The van der Waals surface area contributed by atoms with E-state index in [2.05, 4.69) is 13.0 Å². The third-order valence-corrected chi connectivity index (χ3v) is 3.74. The maximum atomic E-state index is 8.78. The zero-order valence-corrected chi connectivity index (χ0v) is 15.6. The van der Waals surface area contributed by atoms with Crippen LogP contribution in [0.5, 0.6) is 0 Å². The predicted molar refractivity (Wildman–Crippen MR) is 98.1 cm³/mol. The largest absolute Gasteiger partial charge is 0.396 e. The molecule has 144 valence electrons. The molecule has 0 aliphatic carbocycles. The van der Waals surface area contributed by atoms with E-state index in [4.69, 9.17) is 19.9 Å². The summed E-state index contributed by atoms with van der Waals surface area (Å²) in [6.45, 7) is 3.29. The molecule has 0 aliphatic rings. The van der Waals surface area contributed by atoms with Crippen molar-refractivity contribution in [2.24, 2.45) is 0 Å². The lowest BCUT2D eigenvalue weighted by Gasteiger charge is -2.18. The van der Waals surface area contributed by atoms with Gasteiger partial charge < -0.3 is 10.2 Å². The molecule has 0 aliphatic heterocycles. The fraction of sp³-hybridized carbons (Fsp3) is 0.895. The van der Waals surface area contributed by atoms with Crippen molar-refractivity contribution in [1.82, 2.24) is 5.23 Å². The first-order chi connectivity index (χ1) is 11.8. The Labute approximate surface area is 148 Å². The van der Waals surface area contributed by atoms with Gasteiger partial charge in [-0.25, -0.2) is 9.68 Å². The summed E-state index contributed by atoms with van der Waals surface area (Å²) >= 11 is 0. The molecule has 0 saturated heterocycles. The lowest BCUT2D eigenvalue weighted by atomic mass is 10.1. The number of nitrogens with zero attached hydrogens (tertiary/aromatic N) is 1. The molecular weight excluding hydrogens is 306 g/mol. The Morgan fingerprint density at radius 1 is 0.708 bits per heavy atom. The second-order valence-corrected chi connectivity index (χ2v) is 6.11. The summed E-state index contributed by atoms with van der Waals surface area (Å²) in [5, 5.41) is 18.9. The number of hydrogen-bond acceptors (Lipinski definition) is 5. The molecule has 5 heteroatoms. The molecule has 0 aromatic heterocycles. The van der Waals surface area contributed by atoms with Gasteiger partial charge in [-0.15, -0.1) is 5.23 Å². The molecule has 0 spiro atoms. The van der Waals surface area contributed by atoms with Crippen LogP contribution in [0, 0.1) is 0 Å². The van der Waals surface area contributed by atoms with E-state index in [0.717, 1.165) is 6.42 Å². The van der Waals surface area contributed by atoms with Crippen molar-refractivity contribution in [3.8, 4) is 0 Å². The van der Waals surface area contributed by atoms with Crippen molar-refractivity contribution < 1.29 is 19.9 Å². The number of allylic oxidation sites excluding steroid dienone is 1. The molecule has 0 unspecified atom stereocenters. The minimum absolute atomic E-state index is 0.104. The monoisotopic (exact) mass is 345 g/mol. The van der Waals surface area contributed by atoms with Crippen LogP contribution in [0.4, 0.5) is 0 Å². The minimum atomic E-state index is 0.104. The van der Waals surface area contributed by atoms with Gasteiger partial charge >= 0.3 is 0 Å². The summed E-state index contributed by atoms with van der Waals surface area (Å²) in [6, 6.07) is 0. The van der Waals surface area contributed by atoms with Crippen LogP contribution in [0.1, 0.15) is 84.0 Å². The van der Waals surface area contributed by atoms with E-state index < -0.39 is 0 Å². The van der Waals surface area contributed by atoms with Gasteiger partial charge in [0.05, 0.1) is 19.4 Å². The number of hydrogen-bond donors (Lipinski definition) is 2. The lowest BCUT2D eigenvalue weighted by molar-refractivity contribution is -0.337. The first-order valence-electron chi connectivity index (χ1n) is 9.78. The highest BCUT2D eigenvalue weighted by molar-refractivity contribution is 4.76. The molecule has 0 saturated carbocycles. The number of unbranched alkanes of at least 4 members (excludes halogenated alkanes) is 9. The molecule has 0 amide bonds. The molecule has 24 heavy (non-hydrogen) atoms. The van der Waals surface area contributed by atoms with Gasteiger partial charge in [0.15, 0.2) is 0 Å². The molecule has 0 heterocycles. The van der Waals surface area contributed by atoms with Crippen molar-refractivity contribution >= 4 is 0 Å². The van der Waals surface area contributed by atoms with Crippen molar-refractivity contribution in [3.05, 3.63) is 12.3 Å². The second-order valence-electron chi connectivity index (χ2n) is 6.11. The van der Waals surface area contributed by atoms with E-state index in [-0.39, 0.29) is 13.2 Å². The van der Waals surface area contributed by atoms with Crippen LogP contribution in [-0.4, -0.2) is 41.9 Å². The van der Waals surface area contributed by atoms with Gasteiger partial charge in [0, 0.05) is 13.2 Å². The SMILES string of the molecule is CCCCCCCCCCCC=CN(OCCCO)OCCCO. The number of aliphatic hydroxyl groups is 2. The molecular formula is C19H39NO4. The minimum Gasteiger partial charge on any atom is -0.396 e. The average molecular weight is 346 g/mol. The van der Waals surface area contributed by atoms with Crippen LogP contribution < -0.4 is 0 Å². The van der Waals surface area contributed by atoms with E-state index in [1.165, 1.54) is 63.0 Å². The highest BCUT2D eigenvalue weighted by atomic mass is 16.9. The van der Waals surface area contributed by atoms with Crippen molar-refractivity contribution in [1.29, 1.82) is 0 Å². The molecule has 0 rings (SSSR count). The summed E-state index contributed by atoms with van der Waals surface area (Å²) in [4.78, 5) is 10.8. The van der Waals surface area contributed by atoms with Gasteiger partial charge in [-0.1, -0.05) is 64.4 Å². The number of hydroxylamine groups is 2. The van der Waals surface area contributed by atoms with Crippen LogP contribution in [-0.2, 0) is 9.68 Å². The summed E-state index contributed by atoms with van der Waals surface area (Å²) in [6.07, 6.45) is 18.0. The van der Waals surface area contributed by atoms with Gasteiger partial charge in [-0.3, -0.25) is 0 Å². The Morgan fingerprint density at radius 3 is 1.71 bits per heavy atom. The Kier molecular flexibility index (Phi) is 19.9. The van der Waals surface area contributed by atoms with E-state index >= 15 is 0 Å². The highest BCUT2D eigenvalue weighted by Gasteiger charge is 2.00. The standard InChI is InChI=1S/C19H39NO4/c1-2-3-4-5-6-7-8-9-10-11-12-15-20(23-18-13-16-21)24-19-14-17-22/h12,15,21-22H,2-11,13-14,16-19H2,1H3. The van der Waals surface area contributed by atoms with Crippen LogP contribution in [0.3, 0.4) is 0 Å². The molecule has 5 nitrogen and oxygen atoms in total. The highest BCUT2D eigenvalue weighted by Crippen LogP contribution is 2.11. The normalized spacial score (nSPS) is 11.5. The Morgan fingerprint density at radius 2 is 1.21 bits per heavy atom. The van der Waals surface area contributed by atoms with Gasteiger partial charge in [0.25, 0.3) is 0 Å². The van der Waals surface area contributed by atoms with Gasteiger partial charge in [-0.05, 0) is 25.7 Å². The van der Waals surface area contributed by atoms with Gasteiger partial charge in [0.1, 0.15) is 0 Å². The zero-order valence-electron chi connectivity index (χ0n) is 15.6. The summed E-state index contributed by atoms with van der Waals surface area (Å²) in [5.41, 5.74) is 0. The first-order valence-corrected chi connectivity index (χ1v) is 9.78. The second kappa shape index (κ2) is 20.4. The maximum Gasteiger partial charge on any atom is 0.0797 e. The van der Waals surface area contributed by atoms with E-state index in [1.807, 2.05) is 0 Å². The Balaban J connectivity index is 3.61. The van der Waals surface area contributed by atoms with Crippen LogP contribution in [0.15, 0.2) is 12.3 Å². The summed E-state index contributed by atoms with van der Waals surface area (Å²) in [7, 11) is 0. The Hall–Kier alpha value is -0.620. The average Bonchev–Trinajstić information content (AvgIpc) is 2.59. The molecule has 0 aromatic rings. The van der Waals surface area contributed by atoms with Gasteiger partial charge in [0.2, 0.25) is 0 Å². The molecule has 0 aromatic carbocycles. The third-order valence-electron chi connectivity index (χ3n) is 3.74. The molecule has 2 N–H and O–H groups in total. The topological polar surface area (TPSA) is 62.2 Å². The fourth-order valence-electron chi connectivity index (χ4n) is 2.29. The molecule has 0 bridgehead atoms. The molecule has 0 atom stereocenters. The third kappa shape index (κ3) is 17.7. The van der Waals surface area contributed by atoms with Gasteiger partial charge in [-0.2, -0.15) is 0 Å². The number of aliphatic hydroxyl groups excluding tert-OH is 2. The van der Waals surface area contributed by atoms with Crippen molar-refractivity contribution in [3.63, 3.8) is 0 Å². The van der Waals surface area contributed by atoms with Crippen LogP contribution in [0.25, 0.3) is 0 Å². The summed E-state index contributed by atoms with van der Waals surface area (Å²) < 4.78 is 0. The fourth-order valence-corrected chi connectivity index (χ4v) is 2.29. The molecule has 0 fully saturated rings. The first kappa shape index (κ1) is 23.4. The van der Waals surface area contributed by atoms with Crippen molar-refractivity contribution in [2.75, 3.05) is 26.4 Å². The van der Waals surface area contributed by atoms with E-state index in [9.17, 15) is 0 Å². The van der Waals surface area contributed by atoms with E-state index in [1.54, 1.807) is 6.20 Å². The van der Waals surface area contributed by atoms with Crippen LogP contribution in [0.2, 0.25) is 0 Å². The van der Waals surface area contributed by atoms with Crippen molar-refractivity contribution in [2.45, 2.75) is 84.0 Å². The lowest BCUT2D eigenvalue weighted by Crippen LogP contribution is -2.20. The zero-order chi connectivity index (χ0) is 17.7. The Bertz CT molecular complexity index is 252. The summed E-state index contributed by atoms with van der Waals surface area (Å²) in [5.74, 6) is 0.